The molecule has 0 atom stereocenters. The molecule has 0 spiro atoms. The quantitative estimate of drug-likeness (QED) is 0.759. The molecule has 3 aromatic heterocycles. The van der Waals surface area contributed by atoms with Crippen molar-refractivity contribution in [2.75, 3.05) is 13.1 Å². The standard InChI is InChI=1S/C21H23BN4O2/c1-25-19(18(15-24-25)16-5-10-23-11-6-16)20(27)26-12-7-21(28,8-13-26)14-17-4-2-3-9-22-17/h2-6,9-11,15,28H,7-8,12-14H2,1H3. The van der Waals surface area contributed by atoms with Gasteiger partial charge in [-0.2, -0.15) is 0 Å². The van der Waals surface area contributed by atoms with E-state index in [0.717, 1.165) is 16.6 Å². The fraction of sp³-hybridized carbons (Fsp3) is 0.333. The van der Waals surface area contributed by atoms with Crippen molar-refractivity contribution in [2.45, 2.75) is 24.9 Å². The first-order chi connectivity index (χ1) is 13.6. The molecule has 28 heavy (non-hydrogen) atoms. The minimum absolute atomic E-state index is 0.0476. The summed E-state index contributed by atoms with van der Waals surface area (Å²) in [4.78, 5) is 19.1. The third-order valence-electron chi connectivity index (χ3n) is 5.49. The summed E-state index contributed by atoms with van der Waals surface area (Å²) in [6, 6.07) is 9.75. The summed E-state index contributed by atoms with van der Waals surface area (Å²) in [6.07, 6.45) is 6.89. The van der Waals surface area contributed by atoms with Gasteiger partial charge < -0.3 is 0 Å². The van der Waals surface area contributed by atoms with E-state index < -0.39 is 5.60 Å². The van der Waals surface area contributed by atoms with Gasteiger partial charge in [0.05, 0.1) is 0 Å². The predicted molar refractivity (Wildman–Crippen MR) is 108 cm³/mol. The molecule has 1 saturated heterocycles. The van der Waals surface area contributed by atoms with E-state index in [1.807, 2.05) is 48.1 Å². The number of carbonyl (C=O) groups is 1. The SMILES string of the molecule is Cn1ncc(-c2ccncc2)c1C(=O)N1CCC(O)(Cc2bcccc2)CC1. The van der Waals surface area contributed by atoms with E-state index in [1.54, 1.807) is 30.3 Å². The van der Waals surface area contributed by atoms with E-state index >= 15 is 0 Å². The number of hydrogen-bond acceptors (Lipinski definition) is 4. The zero-order valence-electron chi connectivity index (χ0n) is 16.0. The van der Waals surface area contributed by atoms with Crippen LogP contribution in [-0.4, -0.2) is 56.3 Å². The molecular weight excluding hydrogens is 351 g/mol. The van der Waals surface area contributed by atoms with Crippen molar-refractivity contribution in [1.82, 2.24) is 19.7 Å². The fourth-order valence-electron chi connectivity index (χ4n) is 3.86. The molecule has 1 N–H and O–H groups in total. The fourth-order valence-corrected chi connectivity index (χ4v) is 3.86. The summed E-state index contributed by atoms with van der Waals surface area (Å²) >= 11 is 0. The second kappa shape index (κ2) is 7.68. The average molecular weight is 374 g/mol. The monoisotopic (exact) mass is 374 g/mol. The van der Waals surface area contributed by atoms with E-state index in [9.17, 15) is 9.90 Å². The van der Waals surface area contributed by atoms with Gasteiger partial charge in [0.1, 0.15) is 0 Å². The van der Waals surface area contributed by atoms with Crippen molar-refractivity contribution >= 4 is 12.8 Å². The number of aryl methyl sites for hydroxylation is 1. The number of aliphatic hydroxyl groups is 1. The Hall–Kier alpha value is -2.80. The van der Waals surface area contributed by atoms with Crippen LogP contribution in [0.25, 0.3) is 11.1 Å². The molecule has 0 bridgehead atoms. The van der Waals surface area contributed by atoms with E-state index in [0.29, 0.717) is 38.0 Å². The van der Waals surface area contributed by atoms with Crippen LogP contribution in [0.2, 0.25) is 0 Å². The van der Waals surface area contributed by atoms with Crippen LogP contribution in [0.4, 0.5) is 0 Å². The Morgan fingerprint density at radius 2 is 1.96 bits per heavy atom. The Kier molecular flexibility index (Phi) is 5.09. The van der Waals surface area contributed by atoms with Crippen LogP contribution >= 0.6 is 0 Å². The second-order valence-corrected chi connectivity index (χ2v) is 7.45. The van der Waals surface area contributed by atoms with Crippen LogP contribution in [0.5, 0.6) is 0 Å². The third-order valence-corrected chi connectivity index (χ3v) is 5.49. The normalized spacial score (nSPS) is 16.0. The van der Waals surface area contributed by atoms with Crippen LogP contribution in [0, 0.1) is 0 Å². The van der Waals surface area contributed by atoms with Gasteiger partial charge in [-0.1, -0.05) is 0 Å². The Labute approximate surface area is 165 Å². The van der Waals surface area contributed by atoms with Crippen LogP contribution in [-0.2, 0) is 13.5 Å². The zero-order chi connectivity index (χ0) is 19.6. The van der Waals surface area contributed by atoms with E-state index in [-0.39, 0.29) is 5.91 Å². The maximum absolute atomic E-state index is 13.2. The Morgan fingerprint density at radius 1 is 1.21 bits per heavy atom. The number of likely N-dealkylation sites (tertiary alicyclic amines) is 1. The maximum atomic E-state index is 13.2. The molecule has 1 aliphatic rings. The summed E-state index contributed by atoms with van der Waals surface area (Å²) < 4.78 is 1.63. The molecule has 7 heteroatoms. The summed E-state index contributed by atoms with van der Waals surface area (Å²) in [5, 5.41) is 15.3. The summed E-state index contributed by atoms with van der Waals surface area (Å²) in [7, 11) is 1.79. The Morgan fingerprint density at radius 3 is 2.64 bits per heavy atom. The van der Waals surface area contributed by atoms with Gasteiger partial charge in [0.25, 0.3) is 0 Å². The van der Waals surface area contributed by atoms with Gasteiger partial charge in [0.2, 0.25) is 0 Å². The van der Waals surface area contributed by atoms with Gasteiger partial charge >= 0.3 is 160 Å². The van der Waals surface area contributed by atoms with Crippen LogP contribution < -0.4 is 0 Å². The minimum atomic E-state index is -0.765. The Balaban J connectivity index is 1.49. The molecule has 142 valence electrons. The molecule has 4 heterocycles. The number of amides is 1. The van der Waals surface area contributed by atoms with Crippen LogP contribution in [0.1, 0.15) is 28.8 Å². The van der Waals surface area contributed by atoms with Gasteiger partial charge in [-0.25, -0.2) is 0 Å². The predicted octanol–water partition coefficient (Wildman–Crippen LogP) is 2.03. The molecule has 0 radical (unpaired) electrons. The summed E-state index contributed by atoms with van der Waals surface area (Å²) in [6.45, 7) is 3.10. The van der Waals surface area contributed by atoms with Gasteiger partial charge in [0.15, 0.2) is 0 Å². The molecule has 3 aromatic rings. The summed E-state index contributed by atoms with van der Waals surface area (Å²) in [5.41, 5.74) is 2.65. The zero-order valence-corrected chi connectivity index (χ0v) is 16.0. The second-order valence-electron chi connectivity index (χ2n) is 7.45. The number of pyridine rings is 1. The van der Waals surface area contributed by atoms with Crippen LogP contribution in [0.15, 0.2) is 54.9 Å². The molecule has 0 saturated carbocycles. The van der Waals surface area contributed by atoms with Crippen molar-refractivity contribution in [1.29, 1.82) is 0 Å². The molecule has 0 aliphatic carbocycles. The van der Waals surface area contributed by atoms with Crippen LogP contribution in [0.3, 0.4) is 0 Å². The van der Waals surface area contributed by atoms with E-state index in [2.05, 4.69) is 10.1 Å². The van der Waals surface area contributed by atoms with Crippen molar-refractivity contribution < 1.29 is 9.90 Å². The number of carbonyl (C=O) groups excluding carboxylic acids is 1. The van der Waals surface area contributed by atoms with Gasteiger partial charge in [-0.15, -0.1) is 0 Å². The third kappa shape index (κ3) is 3.75. The first-order valence-electron chi connectivity index (χ1n) is 9.54. The van der Waals surface area contributed by atoms with E-state index in [4.69, 9.17) is 0 Å². The van der Waals surface area contributed by atoms with Crippen molar-refractivity contribution in [2.24, 2.45) is 7.05 Å². The molecular formula is C21H23BN4O2. The molecule has 1 fully saturated rings. The molecule has 6 nitrogen and oxygen atoms in total. The number of hydrogen-bond donors (Lipinski definition) is 1. The Bertz CT molecular complexity index is 951. The van der Waals surface area contributed by atoms with Crippen molar-refractivity contribution in [3.63, 3.8) is 0 Å². The number of nitrogens with zero attached hydrogens (tertiary/aromatic N) is 4. The first-order valence-corrected chi connectivity index (χ1v) is 9.54. The van der Waals surface area contributed by atoms with Crippen molar-refractivity contribution in [3.8, 4) is 11.1 Å². The van der Waals surface area contributed by atoms with Gasteiger partial charge in [-0.3, -0.25) is 4.98 Å². The van der Waals surface area contributed by atoms with Gasteiger partial charge in [0, 0.05) is 0 Å². The molecule has 0 aromatic carbocycles. The summed E-state index contributed by atoms with van der Waals surface area (Å²) in [5.74, 6) is 1.94. The number of aromatic nitrogens is 3. The molecule has 1 aliphatic heterocycles. The van der Waals surface area contributed by atoms with Gasteiger partial charge in [-0.05, 0) is 0 Å². The number of piperidine rings is 1. The van der Waals surface area contributed by atoms with E-state index in [1.165, 1.54) is 0 Å². The average Bonchev–Trinajstić information content (AvgIpc) is 3.11. The molecule has 1 amide bonds. The molecule has 0 unspecified atom stereocenters. The number of rotatable bonds is 4. The topological polar surface area (TPSA) is 71.2 Å². The molecule has 4 rings (SSSR count). The van der Waals surface area contributed by atoms with Crippen molar-refractivity contribution in [3.05, 3.63) is 66.0 Å². The first kappa shape index (κ1) is 18.6.